The molecule has 0 saturated heterocycles. The number of halogens is 1. The lowest BCUT2D eigenvalue weighted by Crippen LogP contribution is -2.44. The Balaban J connectivity index is 1.68. The summed E-state index contributed by atoms with van der Waals surface area (Å²) in [6.45, 7) is 0.487. The number of benzene rings is 2. The summed E-state index contributed by atoms with van der Waals surface area (Å²) in [5.74, 6) is 0.284. The monoisotopic (exact) mass is 511 g/mol. The zero-order valence-electron chi connectivity index (χ0n) is 21.6. The topological polar surface area (TPSA) is 80.7 Å². The predicted molar refractivity (Wildman–Crippen MR) is 137 cm³/mol. The summed E-state index contributed by atoms with van der Waals surface area (Å²) in [7, 11) is 4.68. The minimum atomic E-state index is -0.557. The van der Waals surface area contributed by atoms with Crippen molar-refractivity contribution in [1.82, 2.24) is 9.91 Å². The van der Waals surface area contributed by atoms with Crippen molar-refractivity contribution in [1.29, 1.82) is 0 Å². The van der Waals surface area contributed by atoms with Crippen molar-refractivity contribution in [3.8, 4) is 11.5 Å². The van der Waals surface area contributed by atoms with Gasteiger partial charge in [-0.3, -0.25) is 9.59 Å². The smallest absolute Gasteiger partial charge is 0.262 e. The number of ether oxygens (including phenoxy) is 3. The predicted octanol–water partition coefficient (Wildman–Crippen LogP) is 4.19. The molecule has 2 aromatic rings. The van der Waals surface area contributed by atoms with Gasteiger partial charge in [-0.15, -0.1) is 0 Å². The third-order valence-corrected chi connectivity index (χ3v) is 7.05. The number of hydrogen-bond donors (Lipinski definition) is 0. The largest absolute Gasteiger partial charge is 0.497 e. The summed E-state index contributed by atoms with van der Waals surface area (Å²) in [5.41, 5.74) is 1.48. The molecule has 1 heterocycles. The van der Waals surface area contributed by atoms with E-state index in [4.69, 9.17) is 14.2 Å². The summed E-state index contributed by atoms with van der Waals surface area (Å²) in [6.07, 6.45) is 3.98. The molecule has 9 heteroatoms. The number of rotatable bonds is 10. The maximum atomic E-state index is 14.7. The first-order chi connectivity index (χ1) is 18.0. The summed E-state index contributed by atoms with van der Waals surface area (Å²) < 4.78 is 30.9. The van der Waals surface area contributed by atoms with Gasteiger partial charge in [0.05, 0.1) is 32.6 Å². The molecule has 37 heavy (non-hydrogen) atoms. The van der Waals surface area contributed by atoms with Crippen molar-refractivity contribution in [3.05, 3.63) is 59.4 Å². The minimum absolute atomic E-state index is 0.0316. The van der Waals surface area contributed by atoms with Gasteiger partial charge in [-0.25, -0.2) is 9.40 Å². The number of carbonyl (C=O) groups excluding carboxylic acids is 2. The summed E-state index contributed by atoms with van der Waals surface area (Å²) >= 11 is 0. The van der Waals surface area contributed by atoms with E-state index < -0.39 is 11.9 Å². The quantitative estimate of drug-likeness (QED) is 0.478. The Hall–Kier alpha value is -3.46. The number of amides is 2. The SMILES string of the molecule is COCCN(CC(=O)N1N=C(c2ccccc2F)C[C@@H]1c1cc(OC)ccc1OC)C(=O)C1CCCC1. The summed E-state index contributed by atoms with van der Waals surface area (Å²) in [6, 6.07) is 11.2. The first-order valence-corrected chi connectivity index (χ1v) is 12.6. The number of nitrogens with zero attached hydrogens (tertiary/aromatic N) is 3. The Morgan fingerprint density at radius 2 is 1.84 bits per heavy atom. The molecule has 1 aliphatic carbocycles. The first-order valence-electron chi connectivity index (χ1n) is 12.6. The van der Waals surface area contributed by atoms with Crippen LogP contribution in [0.5, 0.6) is 11.5 Å². The number of hydrazone groups is 1. The molecule has 0 unspecified atom stereocenters. The van der Waals surface area contributed by atoms with E-state index in [9.17, 15) is 14.0 Å². The van der Waals surface area contributed by atoms with Gasteiger partial charge in [-0.2, -0.15) is 5.10 Å². The van der Waals surface area contributed by atoms with Crippen molar-refractivity contribution < 1.29 is 28.2 Å². The second-order valence-electron chi connectivity index (χ2n) is 9.33. The Morgan fingerprint density at radius 1 is 1.08 bits per heavy atom. The summed E-state index contributed by atoms with van der Waals surface area (Å²) in [4.78, 5) is 28.6. The van der Waals surface area contributed by atoms with Crippen LogP contribution in [0.1, 0.15) is 49.3 Å². The molecule has 8 nitrogen and oxygen atoms in total. The van der Waals surface area contributed by atoms with Gasteiger partial charge >= 0.3 is 0 Å². The Morgan fingerprint density at radius 3 is 2.51 bits per heavy atom. The molecule has 0 aromatic heterocycles. The molecule has 2 aromatic carbocycles. The fraction of sp³-hybridized carbons (Fsp3) is 0.464. The van der Waals surface area contributed by atoms with Crippen LogP contribution in [0.4, 0.5) is 4.39 Å². The molecule has 1 aliphatic heterocycles. The zero-order valence-corrected chi connectivity index (χ0v) is 21.6. The number of methoxy groups -OCH3 is 3. The molecule has 1 saturated carbocycles. The van der Waals surface area contributed by atoms with Crippen molar-refractivity contribution in [2.45, 2.75) is 38.1 Å². The normalized spacial score (nSPS) is 17.6. The number of hydrogen-bond acceptors (Lipinski definition) is 6. The van der Waals surface area contributed by atoms with Crippen LogP contribution < -0.4 is 9.47 Å². The van der Waals surface area contributed by atoms with Crippen molar-refractivity contribution in [2.75, 3.05) is 41.0 Å². The Bertz CT molecular complexity index is 1150. The molecule has 2 amide bonds. The van der Waals surface area contributed by atoms with Crippen LogP contribution in [-0.2, 0) is 14.3 Å². The fourth-order valence-corrected chi connectivity index (χ4v) is 5.08. The Kier molecular flexibility index (Phi) is 8.76. The van der Waals surface area contributed by atoms with Gasteiger partial charge in [-0.05, 0) is 37.1 Å². The molecule has 4 rings (SSSR count). The average molecular weight is 512 g/mol. The van der Waals surface area contributed by atoms with Crippen LogP contribution >= 0.6 is 0 Å². The third-order valence-electron chi connectivity index (χ3n) is 7.05. The van der Waals surface area contributed by atoms with E-state index >= 15 is 0 Å². The van der Waals surface area contributed by atoms with E-state index in [1.165, 1.54) is 11.1 Å². The van der Waals surface area contributed by atoms with Crippen molar-refractivity contribution >= 4 is 17.5 Å². The van der Waals surface area contributed by atoms with Gasteiger partial charge < -0.3 is 19.1 Å². The van der Waals surface area contributed by atoms with Gasteiger partial charge in [0.2, 0.25) is 5.91 Å². The molecular formula is C28H34FN3O5. The van der Waals surface area contributed by atoms with E-state index in [1.54, 1.807) is 62.6 Å². The molecule has 1 fully saturated rings. The second kappa shape index (κ2) is 12.2. The highest BCUT2D eigenvalue weighted by Crippen LogP contribution is 2.39. The average Bonchev–Trinajstić information content (AvgIpc) is 3.61. The van der Waals surface area contributed by atoms with E-state index in [0.29, 0.717) is 41.5 Å². The first kappa shape index (κ1) is 26.6. The van der Waals surface area contributed by atoms with Crippen molar-refractivity contribution in [3.63, 3.8) is 0 Å². The summed E-state index contributed by atoms with van der Waals surface area (Å²) in [5, 5.41) is 5.95. The van der Waals surface area contributed by atoms with E-state index in [1.807, 2.05) is 0 Å². The zero-order chi connectivity index (χ0) is 26.4. The molecule has 1 atom stereocenters. The lowest BCUT2D eigenvalue weighted by Gasteiger charge is -2.29. The Labute approximate surface area is 217 Å². The maximum Gasteiger partial charge on any atom is 0.262 e. The van der Waals surface area contributed by atoms with Gasteiger partial charge in [-0.1, -0.05) is 31.0 Å². The molecular weight excluding hydrogens is 477 g/mol. The molecule has 198 valence electrons. The minimum Gasteiger partial charge on any atom is -0.497 e. The van der Waals surface area contributed by atoms with Gasteiger partial charge in [0, 0.05) is 37.1 Å². The number of carbonyl (C=O) groups is 2. The molecule has 0 spiro atoms. The van der Waals surface area contributed by atoms with E-state index in [0.717, 1.165) is 25.7 Å². The molecule has 0 N–H and O–H groups in total. The molecule has 0 radical (unpaired) electrons. The standard InChI is InChI=1S/C28H34FN3O5/c1-35-15-14-31(28(34)19-8-4-5-9-19)18-27(33)32-25(22-16-20(36-2)12-13-26(22)37-3)17-24(30-32)21-10-6-7-11-23(21)29/h6-7,10-13,16,19,25H,4-5,8-9,14-15,17-18H2,1-3H3/t25-/m1/s1. The van der Waals surface area contributed by atoms with Gasteiger partial charge in [0.1, 0.15) is 23.9 Å². The van der Waals surface area contributed by atoms with E-state index in [-0.39, 0.29) is 30.7 Å². The fourth-order valence-electron chi connectivity index (χ4n) is 5.08. The van der Waals surface area contributed by atoms with Crippen LogP contribution in [0.15, 0.2) is 47.6 Å². The third kappa shape index (κ3) is 5.93. The lowest BCUT2D eigenvalue weighted by atomic mass is 9.97. The highest BCUT2D eigenvalue weighted by atomic mass is 19.1. The maximum absolute atomic E-state index is 14.7. The molecule has 0 bridgehead atoms. The van der Waals surface area contributed by atoms with Crippen LogP contribution in [0, 0.1) is 11.7 Å². The van der Waals surface area contributed by atoms with Crippen molar-refractivity contribution in [2.24, 2.45) is 11.0 Å². The van der Waals surface area contributed by atoms with Crippen LogP contribution in [0.25, 0.3) is 0 Å². The van der Waals surface area contributed by atoms with Crippen LogP contribution in [-0.4, -0.2) is 68.5 Å². The van der Waals surface area contributed by atoms with Crippen LogP contribution in [0.3, 0.4) is 0 Å². The highest BCUT2D eigenvalue weighted by molar-refractivity contribution is 6.03. The second-order valence-corrected chi connectivity index (χ2v) is 9.33. The highest BCUT2D eigenvalue weighted by Gasteiger charge is 2.37. The van der Waals surface area contributed by atoms with E-state index in [2.05, 4.69) is 5.10 Å². The van der Waals surface area contributed by atoms with Gasteiger partial charge in [0.25, 0.3) is 5.91 Å². The lowest BCUT2D eigenvalue weighted by molar-refractivity contribution is -0.144. The molecule has 2 aliphatic rings. The van der Waals surface area contributed by atoms with Gasteiger partial charge in [0.15, 0.2) is 0 Å². The van der Waals surface area contributed by atoms with Crippen LogP contribution in [0.2, 0.25) is 0 Å².